The van der Waals surface area contributed by atoms with Crippen molar-refractivity contribution in [3.05, 3.63) is 41.5 Å². The molecule has 0 amide bonds. The van der Waals surface area contributed by atoms with E-state index in [2.05, 4.69) is 50.4 Å². The molecule has 0 radical (unpaired) electrons. The number of rotatable bonds is 0. The Bertz CT molecular complexity index is 744. The molecule has 1 N–H and O–H groups in total. The highest BCUT2D eigenvalue weighted by Crippen LogP contribution is 2.54. The van der Waals surface area contributed by atoms with Crippen molar-refractivity contribution in [3.8, 4) is 0 Å². The highest BCUT2D eigenvalue weighted by molar-refractivity contribution is 6.15. The molecule has 2 heterocycles. The van der Waals surface area contributed by atoms with Gasteiger partial charge in [0.25, 0.3) is 0 Å². The lowest BCUT2D eigenvalue weighted by molar-refractivity contribution is -0.120. The summed E-state index contributed by atoms with van der Waals surface area (Å²) in [6.07, 6.45) is 3.15. The number of allylic oxidation sites excluding steroid dienone is 1. The second-order valence-electron chi connectivity index (χ2n) is 7.64. The van der Waals surface area contributed by atoms with E-state index in [0.717, 1.165) is 23.4 Å². The van der Waals surface area contributed by atoms with Crippen LogP contribution in [0.4, 0.5) is 5.69 Å². The van der Waals surface area contributed by atoms with Gasteiger partial charge in [-0.2, -0.15) is 0 Å². The molecule has 22 heavy (non-hydrogen) atoms. The van der Waals surface area contributed by atoms with Crippen molar-refractivity contribution in [2.24, 2.45) is 16.3 Å². The van der Waals surface area contributed by atoms with Crippen molar-refractivity contribution < 1.29 is 4.79 Å². The Hall–Kier alpha value is -1.90. The van der Waals surface area contributed by atoms with Crippen molar-refractivity contribution >= 4 is 17.2 Å². The number of nitrogens with one attached hydrogen (secondary N) is 1. The first kappa shape index (κ1) is 13.7. The van der Waals surface area contributed by atoms with Crippen LogP contribution in [0.25, 0.3) is 0 Å². The summed E-state index contributed by atoms with van der Waals surface area (Å²) in [5.74, 6) is 0.226. The molecule has 1 spiro atoms. The molecule has 0 unspecified atom stereocenters. The van der Waals surface area contributed by atoms with Crippen LogP contribution < -0.4 is 5.32 Å². The van der Waals surface area contributed by atoms with Crippen LogP contribution in [0.15, 0.2) is 40.9 Å². The van der Waals surface area contributed by atoms with Crippen molar-refractivity contribution in [1.82, 2.24) is 0 Å². The topological polar surface area (TPSA) is 41.5 Å². The van der Waals surface area contributed by atoms with Crippen LogP contribution in [-0.2, 0) is 4.79 Å². The fourth-order valence-corrected chi connectivity index (χ4v) is 4.67. The Labute approximate surface area is 131 Å². The summed E-state index contributed by atoms with van der Waals surface area (Å²) in [6.45, 7) is 8.39. The number of ketones is 1. The highest BCUT2D eigenvalue weighted by Gasteiger charge is 2.57. The summed E-state index contributed by atoms with van der Waals surface area (Å²) in [6, 6.07) is 8.44. The quantitative estimate of drug-likeness (QED) is 0.794. The fraction of sp³-hybridized carbons (Fsp3) is 0.474. The van der Waals surface area contributed by atoms with Gasteiger partial charge in [0.15, 0.2) is 5.78 Å². The molecule has 0 saturated carbocycles. The van der Waals surface area contributed by atoms with Gasteiger partial charge in [0, 0.05) is 17.2 Å². The highest BCUT2D eigenvalue weighted by atomic mass is 16.1. The van der Waals surface area contributed by atoms with Crippen molar-refractivity contribution in [2.45, 2.75) is 45.7 Å². The standard InChI is InChI=1S/C19H22N2O/c1-11-9-19-10-18(3,4)21-17(19)13-7-5-6-8-14(13)20-16(19)12(2)15(11)22/h5-9,12,16,20H,10H2,1-4H3/t12-,16+,19+/m0/s1. The Morgan fingerprint density at radius 1 is 1.27 bits per heavy atom. The molecule has 3 aliphatic rings. The van der Waals surface area contributed by atoms with Gasteiger partial charge in [-0.1, -0.05) is 31.2 Å². The van der Waals surface area contributed by atoms with Gasteiger partial charge in [0.1, 0.15) is 0 Å². The number of nitrogens with zero attached hydrogens (tertiary/aromatic N) is 1. The van der Waals surface area contributed by atoms with Gasteiger partial charge in [-0.15, -0.1) is 0 Å². The van der Waals surface area contributed by atoms with Gasteiger partial charge in [-0.25, -0.2) is 0 Å². The summed E-state index contributed by atoms with van der Waals surface area (Å²) in [5, 5.41) is 3.65. The van der Waals surface area contributed by atoms with Crippen molar-refractivity contribution in [2.75, 3.05) is 5.32 Å². The molecule has 4 rings (SSSR count). The number of carbonyl (C=O) groups excluding carboxylic acids is 1. The number of carbonyl (C=O) groups is 1. The maximum atomic E-state index is 12.5. The van der Waals surface area contributed by atoms with E-state index in [9.17, 15) is 4.79 Å². The molecule has 0 aromatic heterocycles. The van der Waals surface area contributed by atoms with Gasteiger partial charge >= 0.3 is 0 Å². The predicted molar refractivity (Wildman–Crippen MR) is 89.4 cm³/mol. The lowest BCUT2D eigenvalue weighted by atomic mass is 9.60. The number of para-hydroxylation sites is 1. The summed E-state index contributed by atoms with van der Waals surface area (Å²) in [7, 11) is 0. The van der Waals surface area contributed by atoms with Crippen LogP contribution in [-0.4, -0.2) is 23.1 Å². The molecule has 0 fully saturated rings. The van der Waals surface area contributed by atoms with Crippen LogP contribution in [0, 0.1) is 11.3 Å². The molecule has 0 bridgehead atoms. The Balaban J connectivity index is 2.01. The molecule has 114 valence electrons. The number of hydrogen-bond acceptors (Lipinski definition) is 3. The molecule has 3 atom stereocenters. The Kier molecular flexibility index (Phi) is 2.56. The normalized spacial score (nSPS) is 34.8. The average Bonchev–Trinajstić information content (AvgIpc) is 2.74. The molecule has 0 saturated heterocycles. The first-order valence-corrected chi connectivity index (χ1v) is 8.04. The molecule has 1 aromatic carbocycles. The van der Waals surface area contributed by atoms with Crippen LogP contribution in [0.2, 0.25) is 0 Å². The van der Waals surface area contributed by atoms with Crippen molar-refractivity contribution in [3.63, 3.8) is 0 Å². The minimum absolute atomic E-state index is 0.0301. The molecule has 3 nitrogen and oxygen atoms in total. The zero-order valence-corrected chi connectivity index (χ0v) is 13.6. The van der Waals surface area contributed by atoms with Gasteiger partial charge in [-0.3, -0.25) is 9.79 Å². The molecule has 1 aromatic rings. The second kappa shape index (κ2) is 4.09. The molecule has 2 aliphatic heterocycles. The molecule has 3 heteroatoms. The zero-order chi connectivity index (χ0) is 15.7. The number of fused-ring (bicyclic) bond motifs is 2. The number of anilines is 1. The van der Waals surface area contributed by atoms with E-state index in [4.69, 9.17) is 4.99 Å². The summed E-state index contributed by atoms with van der Waals surface area (Å²) < 4.78 is 0. The van der Waals surface area contributed by atoms with Crippen LogP contribution >= 0.6 is 0 Å². The zero-order valence-electron chi connectivity index (χ0n) is 13.6. The van der Waals surface area contributed by atoms with Crippen LogP contribution in [0.5, 0.6) is 0 Å². The maximum Gasteiger partial charge on any atom is 0.163 e. The van der Waals surface area contributed by atoms with Gasteiger partial charge in [-0.05, 0) is 38.8 Å². The predicted octanol–water partition coefficient (Wildman–Crippen LogP) is 3.60. The van der Waals surface area contributed by atoms with Gasteiger partial charge in [0.2, 0.25) is 0 Å². The average molecular weight is 294 g/mol. The first-order chi connectivity index (χ1) is 10.3. The van der Waals surface area contributed by atoms with Gasteiger partial charge < -0.3 is 5.32 Å². The number of benzene rings is 1. The van der Waals surface area contributed by atoms with Crippen LogP contribution in [0.3, 0.4) is 0 Å². The van der Waals surface area contributed by atoms with E-state index < -0.39 is 0 Å². The third kappa shape index (κ3) is 1.62. The first-order valence-electron chi connectivity index (χ1n) is 8.04. The smallest absolute Gasteiger partial charge is 0.163 e. The largest absolute Gasteiger partial charge is 0.380 e. The molecular weight excluding hydrogens is 272 g/mol. The number of Topliss-reactive ketones (excluding diaryl/α,β-unsaturated/α-hetero) is 1. The van der Waals surface area contributed by atoms with E-state index >= 15 is 0 Å². The minimum atomic E-state index is -0.157. The lowest BCUT2D eigenvalue weighted by Gasteiger charge is -2.48. The second-order valence-corrected chi connectivity index (χ2v) is 7.64. The third-order valence-corrected chi connectivity index (χ3v) is 5.40. The number of hydrogen-bond donors (Lipinski definition) is 1. The molecular formula is C19H22N2O. The number of aliphatic imine (C=N–C) groups is 1. The van der Waals surface area contributed by atoms with E-state index in [1.807, 2.05) is 13.0 Å². The third-order valence-electron chi connectivity index (χ3n) is 5.40. The SMILES string of the molecule is CC1=C[C@]23CC(C)(C)N=C2c2ccccc2N[C@@H]3[C@@H](C)C1=O. The monoisotopic (exact) mass is 294 g/mol. The lowest BCUT2D eigenvalue weighted by Crippen LogP contribution is -2.55. The van der Waals surface area contributed by atoms with E-state index in [-0.39, 0.29) is 28.7 Å². The minimum Gasteiger partial charge on any atom is -0.380 e. The van der Waals surface area contributed by atoms with E-state index in [0.29, 0.717) is 0 Å². The van der Waals surface area contributed by atoms with E-state index in [1.54, 1.807) is 0 Å². The summed E-state index contributed by atoms with van der Waals surface area (Å²) in [4.78, 5) is 17.6. The maximum absolute atomic E-state index is 12.5. The Morgan fingerprint density at radius 3 is 2.77 bits per heavy atom. The van der Waals surface area contributed by atoms with Crippen molar-refractivity contribution in [1.29, 1.82) is 0 Å². The Morgan fingerprint density at radius 2 is 2.00 bits per heavy atom. The summed E-state index contributed by atoms with van der Waals surface area (Å²) >= 11 is 0. The van der Waals surface area contributed by atoms with Gasteiger partial charge in [0.05, 0.1) is 22.7 Å². The van der Waals surface area contributed by atoms with Crippen LogP contribution in [0.1, 0.15) is 39.7 Å². The summed E-state index contributed by atoms with van der Waals surface area (Å²) in [5.41, 5.74) is 4.09. The molecule has 1 aliphatic carbocycles. The van der Waals surface area contributed by atoms with E-state index in [1.165, 1.54) is 5.56 Å². The fourth-order valence-electron chi connectivity index (χ4n) is 4.67.